The lowest BCUT2D eigenvalue weighted by atomic mass is 10.1. The van der Waals surface area contributed by atoms with E-state index in [9.17, 15) is 9.90 Å². The van der Waals surface area contributed by atoms with E-state index in [1.807, 2.05) is 44.2 Å². The topological polar surface area (TPSA) is 49.3 Å². The van der Waals surface area contributed by atoms with E-state index >= 15 is 0 Å². The molecule has 0 fully saturated rings. The molecule has 21 heavy (non-hydrogen) atoms. The van der Waals surface area contributed by atoms with Gasteiger partial charge in [-0.2, -0.15) is 0 Å². The molecule has 112 valence electrons. The Morgan fingerprint density at radius 3 is 2.57 bits per heavy atom. The summed E-state index contributed by atoms with van der Waals surface area (Å²) < 4.78 is 1.02. The fourth-order valence-electron chi connectivity index (χ4n) is 2.30. The monoisotopic (exact) mass is 349 g/mol. The molecule has 0 aliphatic heterocycles. The second-order valence-corrected chi connectivity index (χ2v) is 6.62. The first-order valence-electron chi connectivity index (χ1n) is 7.11. The van der Waals surface area contributed by atoms with Crippen molar-refractivity contribution < 1.29 is 9.90 Å². The third kappa shape index (κ3) is 4.55. The van der Waals surface area contributed by atoms with Gasteiger partial charge in [-0.1, -0.05) is 41.9 Å². The summed E-state index contributed by atoms with van der Waals surface area (Å²) in [4.78, 5) is 12.1. The first-order chi connectivity index (χ1) is 9.95. The van der Waals surface area contributed by atoms with Crippen molar-refractivity contribution in [1.82, 2.24) is 5.32 Å². The smallest absolute Gasteiger partial charge is 0.251 e. The molecule has 4 heteroatoms. The van der Waals surface area contributed by atoms with Gasteiger partial charge in [0.1, 0.15) is 0 Å². The van der Waals surface area contributed by atoms with E-state index in [0.29, 0.717) is 17.9 Å². The second-order valence-electron chi connectivity index (χ2n) is 5.70. The van der Waals surface area contributed by atoms with E-state index < -0.39 is 6.10 Å². The highest BCUT2D eigenvalue weighted by molar-refractivity contribution is 9.10. The number of carbonyl (C=O) groups is 1. The van der Waals surface area contributed by atoms with Gasteiger partial charge in [0.15, 0.2) is 0 Å². The summed E-state index contributed by atoms with van der Waals surface area (Å²) in [7, 11) is 0. The van der Waals surface area contributed by atoms with Gasteiger partial charge in [0.25, 0.3) is 5.91 Å². The number of rotatable bonds is 5. The second kappa shape index (κ2) is 7.05. The molecule has 1 amide bonds. The number of aliphatic hydroxyl groups excluding tert-OH is 1. The number of nitrogens with one attached hydrogen (secondary N) is 1. The molecule has 0 aliphatic rings. The Hall–Kier alpha value is -1.39. The van der Waals surface area contributed by atoms with Crippen molar-refractivity contribution >= 4 is 32.6 Å². The zero-order chi connectivity index (χ0) is 15.4. The first kappa shape index (κ1) is 16.0. The molecule has 1 atom stereocenters. The Labute approximate surface area is 133 Å². The van der Waals surface area contributed by atoms with Gasteiger partial charge in [-0.05, 0) is 47.4 Å². The number of hydrogen-bond acceptors (Lipinski definition) is 2. The number of carbonyl (C=O) groups excluding carboxylic acids is 1. The summed E-state index contributed by atoms with van der Waals surface area (Å²) >= 11 is 3.43. The molecule has 0 aromatic heterocycles. The Morgan fingerprint density at radius 1 is 1.19 bits per heavy atom. The Morgan fingerprint density at radius 2 is 1.86 bits per heavy atom. The number of amides is 1. The third-order valence-corrected chi connectivity index (χ3v) is 3.80. The van der Waals surface area contributed by atoms with Crippen LogP contribution in [-0.2, 0) is 0 Å². The average Bonchev–Trinajstić information content (AvgIpc) is 2.43. The molecule has 0 saturated heterocycles. The van der Waals surface area contributed by atoms with Gasteiger partial charge in [0, 0.05) is 16.6 Å². The number of benzene rings is 2. The maximum absolute atomic E-state index is 12.1. The van der Waals surface area contributed by atoms with E-state index in [0.717, 1.165) is 15.2 Å². The summed E-state index contributed by atoms with van der Waals surface area (Å²) in [5.74, 6) is 0.263. The lowest BCUT2D eigenvalue weighted by molar-refractivity contribution is 0.0900. The van der Waals surface area contributed by atoms with Gasteiger partial charge >= 0.3 is 0 Å². The van der Waals surface area contributed by atoms with E-state index in [1.165, 1.54) is 0 Å². The fraction of sp³-hybridized carbons (Fsp3) is 0.353. The van der Waals surface area contributed by atoms with Crippen LogP contribution in [0, 0.1) is 5.92 Å². The van der Waals surface area contributed by atoms with Crippen molar-refractivity contribution in [3.8, 4) is 0 Å². The zero-order valence-electron chi connectivity index (χ0n) is 12.3. The Balaban J connectivity index is 2.04. The molecule has 0 bridgehead atoms. The lowest BCUT2D eigenvalue weighted by Crippen LogP contribution is -2.32. The van der Waals surface area contributed by atoms with Gasteiger partial charge in [-0.15, -0.1) is 0 Å². The highest BCUT2D eigenvalue weighted by atomic mass is 79.9. The van der Waals surface area contributed by atoms with Crippen LogP contribution >= 0.6 is 15.9 Å². The Kier molecular flexibility index (Phi) is 5.37. The van der Waals surface area contributed by atoms with Crippen LogP contribution in [0.25, 0.3) is 10.8 Å². The molecule has 2 aromatic carbocycles. The zero-order valence-corrected chi connectivity index (χ0v) is 13.9. The average molecular weight is 350 g/mol. The lowest BCUT2D eigenvalue weighted by Gasteiger charge is -2.14. The van der Waals surface area contributed by atoms with E-state index in [1.54, 1.807) is 6.07 Å². The van der Waals surface area contributed by atoms with Crippen LogP contribution in [0.15, 0.2) is 40.9 Å². The highest BCUT2D eigenvalue weighted by Crippen LogP contribution is 2.21. The molecule has 2 N–H and O–H groups in total. The highest BCUT2D eigenvalue weighted by Gasteiger charge is 2.11. The fourth-order valence-corrected chi connectivity index (χ4v) is 2.68. The molecule has 0 radical (unpaired) electrons. The van der Waals surface area contributed by atoms with Crippen molar-refractivity contribution in [3.05, 3.63) is 46.4 Å². The van der Waals surface area contributed by atoms with E-state index in [4.69, 9.17) is 0 Å². The molecule has 0 saturated carbocycles. The Bertz CT molecular complexity index is 640. The molecule has 0 heterocycles. The minimum absolute atomic E-state index is 0.150. The predicted octanol–water partition coefficient (Wildman–Crippen LogP) is 3.74. The molecule has 0 aliphatic carbocycles. The van der Waals surface area contributed by atoms with Gasteiger partial charge < -0.3 is 10.4 Å². The van der Waals surface area contributed by atoms with Crippen LogP contribution in [0.5, 0.6) is 0 Å². The van der Waals surface area contributed by atoms with Gasteiger partial charge in [-0.3, -0.25) is 4.79 Å². The van der Waals surface area contributed by atoms with Crippen LogP contribution in [-0.4, -0.2) is 23.7 Å². The summed E-state index contributed by atoms with van der Waals surface area (Å²) in [6, 6.07) is 11.5. The van der Waals surface area contributed by atoms with Crippen molar-refractivity contribution in [2.45, 2.75) is 26.4 Å². The van der Waals surface area contributed by atoms with Crippen molar-refractivity contribution in [2.75, 3.05) is 6.54 Å². The molecular formula is C17H20BrNO2. The van der Waals surface area contributed by atoms with Crippen LogP contribution in [0.3, 0.4) is 0 Å². The van der Waals surface area contributed by atoms with Gasteiger partial charge in [0.05, 0.1) is 6.10 Å². The number of aliphatic hydroxyl groups is 1. The standard InChI is InChI=1S/C17H20BrNO2/c1-11(2)7-16(20)10-19-17(21)14-4-3-13-9-15(18)6-5-12(13)8-14/h3-6,8-9,11,16,20H,7,10H2,1-2H3,(H,19,21). The molecule has 1 unspecified atom stereocenters. The quantitative estimate of drug-likeness (QED) is 0.863. The summed E-state index contributed by atoms with van der Waals surface area (Å²) in [5.41, 5.74) is 0.613. The maximum atomic E-state index is 12.1. The van der Waals surface area contributed by atoms with Crippen molar-refractivity contribution in [3.63, 3.8) is 0 Å². The summed E-state index contributed by atoms with van der Waals surface area (Å²) in [6.45, 7) is 4.38. The minimum atomic E-state index is -0.495. The maximum Gasteiger partial charge on any atom is 0.251 e. The number of halogens is 1. The van der Waals surface area contributed by atoms with E-state index in [-0.39, 0.29) is 12.5 Å². The van der Waals surface area contributed by atoms with Crippen LogP contribution in [0.4, 0.5) is 0 Å². The normalized spacial score (nSPS) is 12.6. The van der Waals surface area contributed by atoms with Crippen molar-refractivity contribution in [2.24, 2.45) is 5.92 Å². The predicted molar refractivity (Wildman–Crippen MR) is 89.4 cm³/mol. The summed E-state index contributed by atoms with van der Waals surface area (Å²) in [6.07, 6.45) is 0.191. The molecule has 3 nitrogen and oxygen atoms in total. The van der Waals surface area contributed by atoms with Gasteiger partial charge in [-0.25, -0.2) is 0 Å². The molecular weight excluding hydrogens is 330 g/mol. The third-order valence-electron chi connectivity index (χ3n) is 3.31. The largest absolute Gasteiger partial charge is 0.391 e. The van der Waals surface area contributed by atoms with E-state index in [2.05, 4.69) is 21.2 Å². The summed E-state index contributed by atoms with van der Waals surface area (Å²) in [5, 5.41) is 14.7. The van der Waals surface area contributed by atoms with Crippen LogP contribution < -0.4 is 5.32 Å². The molecule has 2 rings (SSSR count). The van der Waals surface area contributed by atoms with Crippen molar-refractivity contribution in [1.29, 1.82) is 0 Å². The van der Waals surface area contributed by atoms with Crippen LogP contribution in [0.1, 0.15) is 30.6 Å². The molecule has 0 spiro atoms. The number of hydrogen-bond donors (Lipinski definition) is 2. The van der Waals surface area contributed by atoms with Gasteiger partial charge in [0.2, 0.25) is 0 Å². The number of fused-ring (bicyclic) bond motifs is 1. The minimum Gasteiger partial charge on any atom is -0.391 e. The van der Waals surface area contributed by atoms with Crippen LogP contribution in [0.2, 0.25) is 0 Å². The SMILES string of the molecule is CC(C)CC(O)CNC(=O)c1ccc2cc(Br)ccc2c1. The molecule has 2 aromatic rings. The first-order valence-corrected chi connectivity index (χ1v) is 7.90.